The van der Waals surface area contributed by atoms with Crippen molar-refractivity contribution >= 4 is 0 Å². The summed E-state index contributed by atoms with van der Waals surface area (Å²) in [6, 6.07) is 0. The van der Waals surface area contributed by atoms with E-state index in [0.717, 1.165) is 0 Å². The maximum atomic E-state index is 4.04. The van der Waals surface area contributed by atoms with Crippen LogP contribution in [0.4, 0.5) is 0 Å². The van der Waals surface area contributed by atoms with Gasteiger partial charge in [-0.15, -0.1) is 0 Å². The minimum atomic E-state index is 0.248. The molecule has 1 atom stereocenters. The second kappa shape index (κ2) is 1.93. The van der Waals surface area contributed by atoms with Crippen LogP contribution in [0.5, 0.6) is 0 Å². The Labute approximate surface area is 51.6 Å². The molecule has 0 spiro atoms. The van der Waals surface area contributed by atoms with Crippen LogP contribution in [0.2, 0.25) is 0 Å². The summed E-state index contributed by atoms with van der Waals surface area (Å²) in [6.45, 7) is 6.23. The smallest absolute Gasteiger partial charge is 0.0146 e. The van der Waals surface area contributed by atoms with Gasteiger partial charge in [-0.3, -0.25) is 0 Å². The topological polar surface area (TPSA) is 0 Å². The molecule has 0 fully saturated rings. The molecule has 0 nitrogen and oxygen atoms in total. The van der Waals surface area contributed by atoms with Crippen LogP contribution in [-0.2, 0) is 0 Å². The number of hydrogen-bond donors (Lipinski definition) is 0. The fourth-order valence-electron chi connectivity index (χ4n) is 1.07. The Hall–Kier alpha value is -0.260. The molecule has 1 aliphatic carbocycles. The molecule has 1 aliphatic rings. The van der Waals surface area contributed by atoms with Crippen molar-refractivity contribution in [1.29, 1.82) is 0 Å². The highest BCUT2D eigenvalue weighted by Crippen LogP contribution is 2.28. The standard InChI is InChI=1S/C8H13/c1-8(2)6-4-3-5-7-8/h4,6H,1,3,5,7H2,2H3. The van der Waals surface area contributed by atoms with E-state index in [4.69, 9.17) is 0 Å². The molecule has 0 heteroatoms. The molecule has 0 saturated carbocycles. The molecule has 8 heavy (non-hydrogen) atoms. The SMILES string of the molecule is [CH2]C1(C)C=CCCC1. The van der Waals surface area contributed by atoms with E-state index in [1.54, 1.807) is 0 Å². The van der Waals surface area contributed by atoms with E-state index in [9.17, 15) is 0 Å². The van der Waals surface area contributed by atoms with Crippen LogP contribution in [0.25, 0.3) is 0 Å². The molecule has 0 aromatic carbocycles. The highest BCUT2D eigenvalue weighted by Gasteiger charge is 2.14. The molecule has 0 N–H and O–H groups in total. The van der Waals surface area contributed by atoms with Gasteiger partial charge >= 0.3 is 0 Å². The van der Waals surface area contributed by atoms with Gasteiger partial charge in [0.2, 0.25) is 0 Å². The minimum absolute atomic E-state index is 0.248. The Morgan fingerprint density at radius 1 is 1.62 bits per heavy atom. The van der Waals surface area contributed by atoms with Gasteiger partial charge in [-0.05, 0) is 31.6 Å². The first-order valence-corrected chi connectivity index (χ1v) is 3.24. The molecular weight excluding hydrogens is 96.1 g/mol. The number of hydrogen-bond acceptors (Lipinski definition) is 0. The van der Waals surface area contributed by atoms with Crippen LogP contribution >= 0.6 is 0 Å². The van der Waals surface area contributed by atoms with Crippen molar-refractivity contribution < 1.29 is 0 Å². The Balaban J connectivity index is 2.56. The van der Waals surface area contributed by atoms with Gasteiger partial charge in [0.15, 0.2) is 0 Å². The fourth-order valence-corrected chi connectivity index (χ4v) is 1.07. The monoisotopic (exact) mass is 109 g/mol. The Morgan fingerprint density at radius 3 is 2.62 bits per heavy atom. The average Bonchev–Trinajstić information content (AvgIpc) is 1.65. The minimum Gasteiger partial charge on any atom is -0.0880 e. The average molecular weight is 109 g/mol. The van der Waals surface area contributed by atoms with E-state index in [1.165, 1.54) is 19.3 Å². The van der Waals surface area contributed by atoms with Gasteiger partial charge in [0.25, 0.3) is 0 Å². The van der Waals surface area contributed by atoms with Crippen molar-refractivity contribution in [2.75, 3.05) is 0 Å². The third-order valence-corrected chi connectivity index (χ3v) is 1.64. The first-order chi connectivity index (χ1) is 3.71. The molecule has 1 radical (unpaired) electrons. The van der Waals surface area contributed by atoms with E-state index in [1.807, 2.05) is 0 Å². The van der Waals surface area contributed by atoms with Crippen molar-refractivity contribution in [2.24, 2.45) is 5.41 Å². The summed E-state index contributed by atoms with van der Waals surface area (Å²) in [5.74, 6) is 0. The lowest BCUT2D eigenvalue weighted by molar-refractivity contribution is 0.456. The van der Waals surface area contributed by atoms with Gasteiger partial charge in [0.1, 0.15) is 0 Å². The van der Waals surface area contributed by atoms with Gasteiger partial charge < -0.3 is 0 Å². The van der Waals surface area contributed by atoms with Crippen molar-refractivity contribution in [1.82, 2.24) is 0 Å². The lowest BCUT2D eigenvalue weighted by Gasteiger charge is -2.22. The lowest BCUT2D eigenvalue weighted by Crippen LogP contribution is -2.09. The molecule has 0 heterocycles. The van der Waals surface area contributed by atoms with E-state index >= 15 is 0 Å². The van der Waals surface area contributed by atoms with Gasteiger partial charge in [-0.1, -0.05) is 19.1 Å². The highest BCUT2D eigenvalue weighted by molar-refractivity contribution is 5.02. The van der Waals surface area contributed by atoms with E-state index in [0.29, 0.717) is 0 Å². The van der Waals surface area contributed by atoms with Gasteiger partial charge in [0, 0.05) is 0 Å². The number of rotatable bonds is 0. The normalized spacial score (nSPS) is 25.8. The van der Waals surface area contributed by atoms with Gasteiger partial charge in [-0.25, -0.2) is 0 Å². The summed E-state index contributed by atoms with van der Waals surface area (Å²) in [4.78, 5) is 0. The highest BCUT2D eigenvalue weighted by atomic mass is 14.2. The van der Waals surface area contributed by atoms with E-state index in [-0.39, 0.29) is 5.41 Å². The van der Waals surface area contributed by atoms with E-state index < -0.39 is 0 Å². The van der Waals surface area contributed by atoms with Crippen molar-refractivity contribution in [2.45, 2.75) is 26.2 Å². The lowest BCUT2D eigenvalue weighted by atomic mass is 9.83. The maximum Gasteiger partial charge on any atom is -0.0146 e. The molecular formula is C8H13. The van der Waals surface area contributed by atoms with Crippen molar-refractivity contribution in [3.05, 3.63) is 19.1 Å². The van der Waals surface area contributed by atoms with Crippen LogP contribution < -0.4 is 0 Å². The molecule has 0 aromatic rings. The molecule has 1 unspecified atom stereocenters. The Morgan fingerprint density at radius 2 is 2.38 bits per heavy atom. The molecule has 0 amide bonds. The van der Waals surface area contributed by atoms with Crippen molar-refractivity contribution in [3.63, 3.8) is 0 Å². The van der Waals surface area contributed by atoms with Crippen LogP contribution in [0.3, 0.4) is 0 Å². The molecule has 0 bridgehead atoms. The predicted octanol–water partition coefficient (Wildman–Crippen LogP) is 2.57. The maximum absolute atomic E-state index is 4.04. The first kappa shape index (κ1) is 5.87. The van der Waals surface area contributed by atoms with Crippen LogP contribution in [0, 0.1) is 12.3 Å². The van der Waals surface area contributed by atoms with Crippen molar-refractivity contribution in [3.8, 4) is 0 Å². The van der Waals surface area contributed by atoms with Crippen LogP contribution in [-0.4, -0.2) is 0 Å². The third-order valence-electron chi connectivity index (χ3n) is 1.64. The fraction of sp³-hybridized carbons (Fsp3) is 0.625. The number of allylic oxidation sites excluding steroid dienone is 2. The largest absolute Gasteiger partial charge is 0.0880 e. The molecule has 45 valence electrons. The molecule has 0 aliphatic heterocycles. The zero-order chi connectivity index (χ0) is 6.04. The van der Waals surface area contributed by atoms with E-state index in [2.05, 4.69) is 26.0 Å². The zero-order valence-corrected chi connectivity index (χ0v) is 5.48. The molecule has 0 saturated heterocycles. The summed E-state index contributed by atoms with van der Waals surface area (Å²) >= 11 is 0. The third kappa shape index (κ3) is 1.36. The summed E-state index contributed by atoms with van der Waals surface area (Å²) in [5.41, 5.74) is 0.248. The van der Waals surface area contributed by atoms with Crippen LogP contribution in [0.1, 0.15) is 26.2 Å². The first-order valence-electron chi connectivity index (χ1n) is 3.24. The second-order valence-corrected chi connectivity index (χ2v) is 2.95. The Bertz CT molecular complexity index is 98.6. The summed E-state index contributed by atoms with van der Waals surface area (Å²) < 4.78 is 0. The van der Waals surface area contributed by atoms with Gasteiger partial charge in [0.05, 0.1) is 0 Å². The Kier molecular flexibility index (Phi) is 1.41. The predicted molar refractivity (Wildman–Crippen MR) is 36.5 cm³/mol. The summed E-state index contributed by atoms with van der Waals surface area (Å²) in [6.07, 6.45) is 8.28. The summed E-state index contributed by atoms with van der Waals surface area (Å²) in [7, 11) is 0. The zero-order valence-electron chi connectivity index (χ0n) is 5.48. The molecule has 0 aromatic heterocycles. The quantitative estimate of drug-likeness (QED) is 0.419. The second-order valence-electron chi connectivity index (χ2n) is 2.95. The molecule has 1 rings (SSSR count). The van der Waals surface area contributed by atoms with Crippen LogP contribution in [0.15, 0.2) is 12.2 Å². The van der Waals surface area contributed by atoms with Gasteiger partial charge in [-0.2, -0.15) is 0 Å². The summed E-state index contributed by atoms with van der Waals surface area (Å²) in [5, 5.41) is 0.